The zero-order valence-corrected chi connectivity index (χ0v) is 20.1. The number of ketones is 1. The molecule has 0 bridgehead atoms. The third-order valence-corrected chi connectivity index (χ3v) is 6.71. The number of fused-ring (bicyclic) bond motifs is 1. The number of benzene rings is 3. The minimum absolute atomic E-state index is 0.00715. The molecule has 1 fully saturated rings. The van der Waals surface area contributed by atoms with E-state index in [-0.39, 0.29) is 35.5 Å². The molecule has 36 heavy (non-hydrogen) atoms. The fraction of sp³-hybridized carbons (Fsp3) is 0.241. The molecule has 1 saturated heterocycles. The van der Waals surface area contributed by atoms with Crippen LogP contribution in [0, 0.1) is 0 Å². The zero-order chi connectivity index (χ0) is 25.4. The Morgan fingerprint density at radius 3 is 2.61 bits per heavy atom. The summed E-state index contributed by atoms with van der Waals surface area (Å²) in [6.07, 6.45) is 1.26. The molecule has 0 aromatic heterocycles. The van der Waals surface area contributed by atoms with Gasteiger partial charge in [0.05, 0.1) is 18.7 Å². The Kier molecular flexibility index (Phi) is 6.14. The van der Waals surface area contributed by atoms with Gasteiger partial charge in [0.2, 0.25) is 0 Å². The zero-order valence-electron chi connectivity index (χ0n) is 20.1. The van der Waals surface area contributed by atoms with Crippen LogP contribution in [0.25, 0.3) is 5.76 Å². The summed E-state index contributed by atoms with van der Waals surface area (Å²) in [7, 11) is 1.43. The molecular formula is C29H27NO6. The van der Waals surface area contributed by atoms with E-state index in [2.05, 4.69) is 0 Å². The van der Waals surface area contributed by atoms with Gasteiger partial charge in [-0.05, 0) is 60.4 Å². The molecule has 0 unspecified atom stereocenters. The monoisotopic (exact) mass is 485 g/mol. The van der Waals surface area contributed by atoms with Crippen molar-refractivity contribution in [3.8, 4) is 17.2 Å². The van der Waals surface area contributed by atoms with E-state index in [0.29, 0.717) is 24.0 Å². The van der Waals surface area contributed by atoms with Gasteiger partial charge in [0.15, 0.2) is 11.5 Å². The Morgan fingerprint density at radius 1 is 1.08 bits per heavy atom. The van der Waals surface area contributed by atoms with Crippen LogP contribution >= 0.6 is 0 Å². The normalized spacial score (nSPS) is 20.3. The standard InChI is InChI=1S/C29H27NO6/c1-17-14-21-15-20(9-11-23(21)36-17)27(32)25-26(19-8-10-22(31)24(16-19)35-2)30(29(34)28(25)33)13-12-18-6-4-3-5-7-18/h3-11,15-17,26,31-32H,12-14H2,1-2H3/t17-,26-/m1/s1. The highest BCUT2D eigenvalue weighted by Gasteiger charge is 2.46. The summed E-state index contributed by atoms with van der Waals surface area (Å²) in [6, 6.07) is 18.8. The highest BCUT2D eigenvalue weighted by molar-refractivity contribution is 6.46. The van der Waals surface area contributed by atoms with Crippen LogP contribution in [-0.4, -0.2) is 46.6 Å². The molecule has 2 N–H and O–H groups in total. The maximum Gasteiger partial charge on any atom is 0.295 e. The summed E-state index contributed by atoms with van der Waals surface area (Å²) in [4.78, 5) is 28.0. The third kappa shape index (κ3) is 4.17. The fourth-order valence-corrected chi connectivity index (χ4v) is 4.94. The van der Waals surface area contributed by atoms with Crippen LogP contribution < -0.4 is 9.47 Å². The van der Waals surface area contributed by atoms with E-state index in [1.54, 1.807) is 30.3 Å². The van der Waals surface area contributed by atoms with Gasteiger partial charge in [-0.25, -0.2) is 0 Å². The van der Waals surface area contributed by atoms with Crippen molar-refractivity contribution in [3.63, 3.8) is 0 Å². The van der Waals surface area contributed by atoms with Crippen LogP contribution in [-0.2, 0) is 22.4 Å². The first-order chi connectivity index (χ1) is 17.4. The predicted octanol–water partition coefficient (Wildman–Crippen LogP) is 4.39. The lowest BCUT2D eigenvalue weighted by atomic mass is 9.94. The molecule has 2 heterocycles. The number of aromatic hydroxyl groups is 1. The molecule has 0 saturated carbocycles. The van der Waals surface area contributed by atoms with E-state index >= 15 is 0 Å². The van der Waals surface area contributed by atoms with Crippen molar-refractivity contribution in [1.82, 2.24) is 4.90 Å². The van der Waals surface area contributed by atoms with Gasteiger partial charge in [-0.3, -0.25) is 9.59 Å². The van der Waals surface area contributed by atoms with Crippen molar-refractivity contribution in [2.45, 2.75) is 31.9 Å². The molecule has 7 heteroatoms. The van der Waals surface area contributed by atoms with Crippen LogP contribution in [0.3, 0.4) is 0 Å². The second-order valence-corrected chi connectivity index (χ2v) is 9.11. The molecular weight excluding hydrogens is 458 g/mol. The van der Waals surface area contributed by atoms with Crippen LogP contribution in [0.2, 0.25) is 0 Å². The lowest BCUT2D eigenvalue weighted by molar-refractivity contribution is -0.139. The molecule has 3 aromatic carbocycles. The number of aliphatic hydroxyl groups excluding tert-OH is 1. The number of methoxy groups -OCH3 is 1. The van der Waals surface area contributed by atoms with Gasteiger partial charge in [-0.2, -0.15) is 0 Å². The highest BCUT2D eigenvalue weighted by Crippen LogP contribution is 2.42. The molecule has 184 valence electrons. The second-order valence-electron chi connectivity index (χ2n) is 9.11. The summed E-state index contributed by atoms with van der Waals surface area (Å²) in [5.74, 6) is -0.762. The molecule has 7 nitrogen and oxygen atoms in total. The minimum atomic E-state index is -0.841. The number of aliphatic hydroxyl groups is 1. The molecule has 2 aliphatic rings. The number of phenolic OH excluding ortho intramolecular Hbond substituents is 1. The summed E-state index contributed by atoms with van der Waals surface area (Å²) in [6.45, 7) is 2.24. The number of rotatable bonds is 6. The average Bonchev–Trinajstić information content (AvgIpc) is 3.38. The van der Waals surface area contributed by atoms with Gasteiger partial charge in [0.1, 0.15) is 17.6 Å². The minimum Gasteiger partial charge on any atom is -0.507 e. The van der Waals surface area contributed by atoms with Crippen molar-refractivity contribution in [2.24, 2.45) is 0 Å². The lowest BCUT2D eigenvalue weighted by Gasteiger charge is -2.26. The third-order valence-electron chi connectivity index (χ3n) is 6.71. The Hall–Kier alpha value is -4.26. The molecule has 2 aliphatic heterocycles. The molecule has 5 rings (SSSR count). The summed E-state index contributed by atoms with van der Waals surface area (Å²) < 4.78 is 11.0. The number of phenols is 1. The van der Waals surface area contributed by atoms with Crippen molar-refractivity contribution >= 4 is 17.4 Å². The number of ether oxygens (including phenoxy) is 2. The second kappa shape index (κ2) is 9.41. The first-order valence-electron chi connectivity index (χ1n) is 11.9. The van der Waals surface area contributed by atoms with E-state index in [1.807, 2.05) is 37.3 Å². The quantitative estimate of drug-likeness (QED) is 0.305. The SMILES string of the molecule is COc1cc([C@@H]2C(=C(O)c3ccc4c(c3)C[C@@H](C)O4)C(=O)C(=O)N2CCc2ccccc2)ccc1O. The van der Waals surface area contributed by atoms with E-state index in [9.17, 15) is 19.8 Å². The van der Waals surface area contributed by atoms with Gasteiger partial charge in [-0.15, -0.1) is 0 Å². The highest BCUT2D eigenvalue weighted by atomic mass is 16.5. The van der Waals surface area contributed by atoms with Gasteiger partial charge >= 0.3 is 0 Å². The van der Waals surface area contributed by atoms with Gasteiger partial charge in [0, 0.05) is 18.5 Å². The molecule has 1 amide bonds. The maximum atomic E-state index is 13.3. The Bertz CT molecular complexity index is 1360. The van der Waals surface area contributed by atoms with Crippen LogP contribution in [0.1, 0.15) is 35.2 Å². The Balaban J connectivity index is 1.60. The smallest absolute Gasteiger partial charge is 0.295 e. The number of amides is 1. The summed E-state index contributed by atoms with van der Waals surface area (Å²) >= 11 is 0. The molecule has 0 radical (unpaired) electrons. The van der Waals surface area contributed by atoms with Crippen LogP contribution in [0.5, 0.6) is 17.2 Å². The summed E-state index contributed by atoms with van der Waals surface area (Å²) in [5.41, 5.74) is 2.97. The number of carbonyl (C=O) groups excluding carboxylic acids is 2. The number of carbonyl (C=O) groups is 2. The fourth-order valence-electron chi connectivity index (χ4n) is 4.94. The summed E-state index contributed by atoms with van der Waals surface area (Å²) in [5, 5.41) is 21.5. The number of hydrogen-bond donors (Lipinski definition) is 2. The predicted molar refractivity (Wildman–Crippen MR) is 134 cm³/mol. The number of Topliss-reactive ketones (excluding diaryl/α,β-unsaturated/α-hetero) is 1. The Labute approximate surface area is 209 Å². The molecule has 2 atom stereocenters. The van der Waals surface area contributed by atoms with Crippen molar-refractivity contribution in [2.75, 3.05) is 13.7 Å². The molecule has 0 spiro atoms. The van der Waals surface area contributed by atoms with E-state index in [0.717, 1.165) is 16.9 Å². The van der Waals surface area contributed by atoms with Crippen molar-refractivity contribution in [3.05, 3.63) is 94.6 Å². The number of likely N-dealkylation sites (tertiary alicyclic amines) is 1. The topological polar surface area (TPSA) is 96.3 Å². The van der Waals surface area contributed by atoms with Crippen LogP contribution in [0.4, 0.5) is 0 Å². The first-order valence-corrected chi connectivity index (χ1v) is 11.9. The van der Waals surface area contributed by atoms with Crippen LogP contribution in [0.15, 0.2) is 72.3 Å². The van der Waals surface area contributed by atoms with E-state index in [1.165, 1.54) is 18.1 Å². The molecule has 0 aliphatic carbocycles. The number of nitrogens with zero attached hydrogens (tertiary/aromatic N) is 1. The Morgan fingerprint density at radius 2 is 1.86 bits per heavy atom. The lowest BCUT2D eigenvalue weighted by Crippen LogP contribution is -2.31. The van der Waals surface area contributed by atoms with Crippen molar-refractivity contribution in [1.29, 1.82) is 0 Å². The number of hydrogen-bond acceptors (Lipinski definition) is 6. The van der Waals surface area contributed by atoms with E-state index < -0.39 is 17.7 Å². The largest absolute Gasteiger partial charge is 0.507 e. The van der Waals surface area contributed by atoms with Crippen molar-refractivity contribution < 1.29 is 29.3 Å². The van der Waals surface area contributed by atoms with Gasteiger partial charge < -0.3 is 24.6 Å². The van der Waals surface area contributed by atoms with Gasteiger partial charge in [-0.1, -0.05) is 36.4 Å². The maximum absolute atomic E-state index is 13.3. The average molecular weight is 486 g/mol. The first kappa shape index (κ1) is 23.5. The van der Waals surface area contributed by atoms with Gasteiger partial charge in [0.25, 0.3) is 11.7 Å². The van der Waals surface area contributed by atoms with E-state index in [4.69, 9.17) is 9.47 Å². The molecule has 3 aromatic rings.